The summed E-state index contributed by atoms with van der Waals surface area (Å²) < 4.78 is 1.04. The number of rotatable bonds is 3. The summed E-state index contributed by atoms with van der Waals surface area (Å²) in [5.41, 5.74) is 0. The molecule has 0 unspecified atom stereocenters. The smallest absolute Gasteiger partial charge is 0.233 e. The normalized spacial score (nSPS) is 19.6. The summed E-state index contributed by atoms with van der Waals surface area (Å²) in [7, 11) is 0. The molecule has 0 radical (unpaired) electrons. The number of likely N-dealkylation sites (tertiary alicyclic amines) is 1. The fourth-order valence-electron chi connectivity index (χ4n) is 1.74. The van der Waals surface area contributed by atoms with Crippen molar-refractivity contribution in [2.75, 3.05) is 18.8 Å². The summed E-state index contributed by atoms with van der Waals surface area (Å²) >= 11 is 4.91. The van der Waals surface area contributed by atoms with Gasteiger partial charge in [0.1, 0.15) is 0 Å². The van der Waals surface area contributed by atoms with Crippen molar-refractivity contribution in [3.05, 3.63) is 28.7 Å². The fourth-order valence-corrected chi connectivity index (χ4v) is 2.80. The second-order valence-corrected chi connectivity index (χ2v) is 5.99. The summed E-state index contributed by atoms with van der Waals surface area (Å²) in [6.45, 7) is 1.17. The Hall–Kier alpha value is -0.520. The van der Waals surface area contributed by atoms with E-state index in [1.165, 1.54) is 11.8 Å². The molecule has 1 aromatic carbocycles. The van der Waals surface area contributed by atoms with Crippen molar-refractivity contribution < 1.29 is 9.90 Å². The number of hydrogen-bond donors (Lipinski definition) is 1. The molecule has 92 valence electrons. The van der Waals surface area contributed by atoms with Crippen LogP contribution >= 0.6 is 27.7 Å². The Labute approximate surface area is 113 Å². The number of nitrogens with zero attached hydrogens (tertiary/aromatic N) is 1. The molecule has 0 bridgehead atoms. The van der Waals surface area contributed by atoms with Crippen molar-refractivity contribution in [3.63, 3.8) is 0 Å². The van der Waals surface area contributed by atoms with Crippen molar-refractivity contribution in [2.45, 2.75) is 17.4 Å². The zero-order chi connectivity index (χ0) is 12.3. The average molecular weight is 316 g/mol. The van der Waals surface area contributed by atoms with Crippen LogP contribution in [0.3, 0.4) is 0 Å². The van der Waals surface area contributed by atoms with Crippen LogP contribution in [-0.2, 0) is 4.79 Å². The van der Waals surface area contributed by atoms with Gasteiger partial charge in [-0.05, 0) is 30.7 Å². The quantitative estimate of drug-likeness (QED) is 0.869. The number of hydrogen-bond acceptors (Lipinski definition) is 3. The van der Waals surface area contributed by atoms with E-state index >= 15 is 0 Å². The van der Waals surface area contributed by atoms with E-state index in [-0.39, 0.29) is 12.0 Å². The maximum Gasteiger partial charge on any atom is 0.233 e. The van der Waals surface area contributed by atoms with Gasteiger partial charge in [0.05, 0.1) is 11.9 Å². The maximum atomic E-state index is 11.8. The molecular weight excluding hydrogens is 302 g/mol. The SMILES string of the molecule is O=C(CSc1ccc(Br)cc1)N1CC[C@@H](O)C1. The van der Waals surface area contributed by atoms with Crippen LogP contribution in [0.1, 0.15) is 6.42 Å². The first-order chi connectivity index (χ1) is 8.15. The molecule has 17 heavy (non-hydrogen) atoms. The van der Waals surface area contributed by atoms with Gasteiger partial charge in [-0.1, -0.05) is 15.9 Å². The van der Waals surface area contributed by atoms with Gasteiger partial charge in [-0.2, -0.15) is 0 Å². The van der Waals surface area contributed by atoms with Gasteiger partial charge in [-0.15, -0.1) is 11.8 Å². The van der Waals surface area contributed by atoms with Gasteiger partial charge in [-0.3, -0.25) is 4.79 Å². The average Bonchev–Trinajstić information content (AvgIpc) is 2.75. The van der Waals surface area contributed by atoms with E-state index in [0.29, 0.717) is 25.3 Å². The summed E-state index contributed by atoms with van der Waals surface area (Å²) in [5, 5.41) is 9.36. The minimum absolute atomic E-state index is 0.106. The fraction of sp³-hybridized carbons (Fsp3) is 0.417. The van der Waals surface area contributed by atoms with Crippen molar-refractivity contribution in [1.82, 2.24) is 4.90 Å². The Balaban J connectivity index is 1.82. The second-order valence-electron chi connectivity index (χ2n) is 4.02. The van der Waals surface area contributed by atoms with E-state index in [4.69, 9.17) is 0 Å². The number of aliphatic hydroxyl groups is 1. The molecule has 1 atom stereocenters. The molecule has 0 spiro atoms. The van der Waals surface area contributed by atoms with Crippen LogP contribution < -0.4 is 0 Å². The first kappa shape index (κ1) is 12.9. The topological polar surface area (TPSA) is 40.5 Å². The molecule has 0 aromatic heterocycles. The van der Waals surface area contributed by atoms with E-state index in [1.807, 2.05) is 24.3 Å². The predicted molar refractivity (Wildman–Crippen MR) is 72.1 cm³/mol. The molecular formula is C12H14BrNO2S. The van der Waals surface area contributed by atoms with Crippen molar-refractivity contribution in [2.24, 2.45) is 0 Å². The molecule has 1 amide bonds. The summed E-state index contributed by atoms with van der Waals surface area (Å²) in [6, 6.07) is 7.90. The van der Waals surface area contributed by atoms with Gasteiger partial charge in [0.2, 0.25) is 5.91 Å². The molecule has 1 aliphatic rings. The minimum atomic E-state index is -0.336. The Kier molecular flexibility index (Phi) is 4.48. The number of β-amino-alcohol motifs (C(OH)–C–C–N with tert-alkyl or cyclic N) is 1. The Morgan fingerprint density at radius 2 is 2.18 bits per heavy atom. The molecule has 2 rings (SSSR count). The Morgan fingerprint density at radius 3 is 2.76 bits per heavy atom. The van der Waals surface area contributed by atoms with Crippen LogP contribution in [0.4, 0.5) is 0 Å². The van der Waals surface area contributed by atoms with Gasteiger partial charge >= 0.3 is 0 Å². The number of carbonyl (C=O) groups is 1. The molecule has 1 saturated heterocycles. The largest absolute Gasteiger partial charge is 0.391 e. The Bertz CT molecular complexity index is 396. The zero-order valence-electron chi connectivity index (χ0n) is 9.30. The van der Waals surface area contributed by atoms with Crippen LogP contribution in [0.15, 0.2) is 33.6 Å². The van der Waals surface area contributed by atoms with Gasteiger partial charge in [-0.25, -0.2) is 0 Å². The number of thioether (sulfide) groups is 1. The van der Waals surface area contributed by atoms with Crippen LogP contribution in [0.25, 0.3) is 0 Å². The summed E-state index contributed by atoms with van der Waals surface area (Å²) in [4.78, 5) is 14.6. The molecule has 3 nitrogen and oxygen atoms in total. The van der Waals surface area contributed by atoms with Gasteiger partial charge < -0.3 is 10.0 Å². The van der Waals surface area contributed by atoms with Crippen LogP contribution in [-0.4, -0.2) is 40.9 Å². The number of benzene rings is 1. The number of halogens is 1. The standard InChI is InChI=1S/C12H14BrNO2S/c13-9-1-3-11(4-2-9)17-8-12(16)14-6-5-10(15)7-14/h1-4,10,15H,5-8H2/t10-/m1/s1. The van der Waals surface area contributed by atoms with Crippen LogP contribution in [0.2, 0.25) is 0 Å². The van der Waals surface area contributed by atoms with Gasteiger partial charge in [0.15, 0.2) is 0 Å². The number of carbonyl (C=O) groups excluding carboxylic acids is 1. The minimum Gasteiger partial charge on any atom is -0.391 e. The molecule has 5 heteroatoms. The second kappa shape index (κ2) is 5.89. The highest BCUT2D eigenvalue weighted by Crippen LogP contribution is 2.21. The molecule has 1 heterocycles. The number of aliphatic hydroxyl groups excluding tert-OH is 1. The monoisotopic (exact) mass is 315 g/mol. The van der Waals surface area contributed by atoms with E-state index in [9.17, 15) is 9.90 Å². The highest BCUT2D eigenvalue weighted by Gasteiger charge is 2.24. The first-order valence-corrected chi connectivity index (χ1v) is 7.27. The molecule has 1 aliphatic heterocycles. The molecule has 1 fully saturated rings. The maximum absolute atomic E-state index is 11.8. The lowest BCUT2D eigenvalue weighted by Crippen LogP contribution is -2.30. The Morgan fingerprint density at radius 1 is 1.47 bits per heavy atom. The lowest BCUT2D eigenvalue weighted by atomic mass is 10.3. The van der Waals surface area contributed by atoms with E-state index < -0.39 is 0 Å². The van der Waals surface area contributed by atoms with Crippen molar-refractivity contribution in [3.8, 4) is 0 Å². The predicted octanol–water partition coefficient (Wildman–Crippen LogP) is 2.13. The molecule has 0 saturated carbocycles. The van der Waals surface area contributed by atoms with Gasteiger partial charge in [0.25, 0.3) is 0 Å². The molecule has 0 aliphatic carbocycles. The van der Waals surface area contributed by atoms with Crippen molar-refractivity contribution in [1.29, 1.82) is 0 Å². The lowest BCUT2D eigenvalue weighted by Gasteiger charge is -2.14. The van der Waals surface area contributed by atoms with Crippen LogP contribution in [0, 0.1) is 0 Å². The third kappa shape index (κ3) is 3.72. The number of amides is 1. The van der Waals surface area contributed by atoms with E-state index in [1.54, 1.807) is 4.90 Å². The lowest BCUT2D eigenvalue weighted by molar-refractivity contribution is -0.127. The third-order valence-electron chi connectivity index (χ3n) is 2.69. The van der Waals surface area contributed by atoms with Gasteiger partial charge in [0, 0.05) is 22.5 Å². The van der Waals surface area contributed by atoms with Crippen LogP contribution in [0.5, 0.6) is 0 Å². The first-order valence-electron chi connectivity index (χ1n) is 5.49. The highest BCUT2D eigenvalue weighted by molar-refractivity contribution is 9.10. The highest BCUT2D eigenvalue weighted by atomic mass is 79.9. The summed E-state index contributed by atoms with van der Waals surface area (Å²) in [5.74, 6) is 0.545. The third-order valence-corrected chi connectivity index (χ3v) is 4.22. The van der Waals surface area contributed by atoms with E-state index in [2.05, 4.69) is 15.9 Å². The zero-order valence-corrected chi connectivity index (χ0v) is 11.7. The summed E-state index contributed by atoms with van der Waals surface area (Å²) in [6.07, 6.45) is 0.367. The van der Waals surface area contributed by atoms with Crippen molar-refractivity contribution >= 4 is 33.6 Å². The molecule has 1 N–H and O–H groups in total. The van der Waals surface area contributed by atoms with E-state index in [0.717, 1.165) is 9.37 Å². The molecule has 1 aromatic rings.